The maximum atomic E-state index is 7.00. The second-order valence-electron chi connectivity index (χ2n) is 10.8. The molecular formula is C42H33NP2. The van der Waals surface area contributed by atoms with Crippen molar-refractivity contribution in [3.63, 3.8) is 0 Å². The third-order valence-corrected chi connectivity index (χ3v) is 13.0. The number of rotatable bonds is 8. The van der Waals surface area contributed by atoms with E-state index in [0.29, 0.717) is 0 Å². The Morgan fingerprint density at radius 1 is 0.311 bits per heavy atom. The number of nitrogens with two attached hydrogens (primary N) is 1. The molecule has 7 rings (SSSR count). The normalized spacial score (nSPS) is 11.2. The summed E-state index contributed by atoms with van der Waals surface area (Å²) in [6.07, 6.45) is 0. The van der Waals surface area contributed by atoms with Crippen molar-refractivity contribution in [3.05, 3.63) is 188 Å². The number of nitrogen functional groups attached to an aromatic ring is 1. The predicted molar refractivity (Wildman–Crippen MR) is 199 cm³/mol. The Morgan fingerprint density at radius 2 is 0.667 bits per heavy atom. The van der Waals surface area contributed by atoms with Crippen LogP contribution in [0.25, 0.3) is 22.3 Å². The maximum Gasteiger partial charge on any atom is 0.0400 e. The summed E-state index contributed by atoms with van der Waals surface area (Å²) in [5.41, 5.74) is 12.4. The van der Waals surface area contributed by atoms with Crippen LogP contribution in [0, 0.1) is 0 Å². The molecule has 3 heteroatoms. The first-order chi connectivity index (χ1) is 22.3. The van der Waals surface area contributed by atoms with E-state index in [4.69, 9.17) is 5.73 Å². The number of benzene rings is 7. The topological polar surface area (TPSA) is 26.0 Å². The number of hydrogen-bond donors (Lipinski definition) is 1. The Kier molecular flexibility index (Phi) is 8.65. The summed E-state index contributed by atoms with van der Waals surface area (Å²) in [6, 6.07) is 67.7. The van der Waals surface area contributed by atoms with Crippen LogP contribution in [0.15, 0.2) is 188 Å². The van der Waals surface area contributed by atoms with Crippen molar-refractivity contribution in [1.29, 1.82) is 0 Å². The Bertz CT molecular complexity index is 1930. The molecular weight excluding hydrogens is 580 g/mol. The predicted octanol–water partition coefficient (Wildman–Crippen LogP) is 8.12. The molecule has 0 radical (unpaired) electrons. The minimum absolute atomic E-state index is 0.755. The van der Waals surface area contributed by atoms with Crippen LogP contribution in [0.5, 0.6) is 0 Å². The zero-order chi connectivity index (χ0) is 30.4. The summed E-state index contributed by atoms with van der Waals surface area (Å²) >= 11 is 0. The summed E-state index contributed by atoms with van der Waals surface area (Å²) in [5.74, 6) is 0. The van der Waals surface area contributed by atoms with Gasteiger partial charge in [0, 0.05) is 11.3 Å². The second-order valence-corrected chi connectivity index (χ2v) is 15.2. The molecule has 0 amide bonds. The van der Waals surface area contributed by atoms with Crippen LogP contribution in [0.1, 0.15) is 0 Å². The van der Waals surface area contributed by atoms with E-state index in [2.05, 4.69) is 188 Å². The Balaban J connectivity index is 1.34. The van der Waals surface area contributed by atoms with Gasteiger partial charge >= 0.3 is 0 Å². The average Bonchev–Trinajstić information content (AvgIpc) is 3.11. The van der Waals surface area contributed by atoms with Gasteiger partial charge in [0.1, 0.15) is 0 Å². The molecule has 7 aromatic rings. The van der Waals surface area contributed by atoms with E-state index in [-0.39, 0.29) is 0 Å². The van der Waals surface area contributed by atoms with Gasteiger partial charge in [0.05, 0.1) is 0 Å². The highest BCUT2D eigenvalue weighted by Gasteiger charge is 2.23. The van der Waals surface area contributed by atoms with E-state index >= 15 is 0 Å². The van der Waals surface area contributed by atoms with Crippen molar-refractivity contribution in [1.82, 2.24) is 0 Å². The highest BCUT2D eigenvalue weighted by Crippen LogP contribution is 2.41. The van der Waals surface area contributed by atoms with Crippen LogP contribution < -0.4 is 37.6 Å². The lowest BCUT2D eigenvalue weighted by Crippen LogP contribution is -2.22. The summed E-state index contributed by atoms with van der Waals surface area (Å²) in [5, 5.41) is 7.95. The lowest BCUT2D eigenvalue weighted by Gasteiger charge is -2.24. The van der Waals surface area contributed by atoms with E-state index in [1.165, 1.54) is 43.0 Å². The molecule has 0 aliphatic heterocycles. The van der Waals surface area contributed by atoms with Gasteiger partial charge in [-0.3, -0.25) is 0 Å². The smallest absolute Gasteiger partial charge is 0.0400 e. The van der Waals surface area contributed by atoms with Gasteiger partial charge in [0.25, 0.3) is 0 Å². The monoisotopic (exact) mass is 613 g/mol. The molecule has 0 bridgehead atoms. The molecule has 0 aliphatic rings. The largest absolute Gasteiger partial charge is 0.398 e. The summed E-state index contributed by atoms with van der Waals surface area (Å²) in [6.45, 7) is 0. The first kappa shape index (κ1) is 28.9. The molecule has 0 saturated heterocycles. The first-order valence-corrected chi connectivity index (χ1v) is 17.8. The Labute approximate surface area is 268 Å². The van der Waals surface area contributed by atoms with Crippen LogP contribution in [-0.2, 0) is 0 Å². The summed E-state index contributed by atoms with van der Waals surface area (Å²) in [7, 11) is -1.53. The fourth-order valence-corrected chi connectivity index (χ4v) is 10.9. The third kappa shape index (κ3) is 6.11. The summed E-state index contributed by atoms with van der Waals surface area (Å²) < 4.78 is 0. The maximum absolute atomic E-state index is 7.00. The third-order valence-electron chi connectivity index (χ3n) is 8.00. The van der Waals surface area contributed by atoms with Crippen LogP contribution >= 0.6 is 15.8 Å². The quantitative estimate of drug-likeness (QED) is 0.136. The van der Waals surface area contributed by atoms with E-state index in [1.807, 2.05) is 0 Å². The zero-order valence-corrected chi connectivity index (χ0v) is 26.7. The lowest BCUT2D eigenvalue weighted by molar-refractivity contribution is 1.61. The molecule has 45 heavy (non-hydrogen) atoms. The molecule has 1 nitrogen and oxygen atoms in total. The van der Waals surface area contributed by atoms with Gasteiger partial charge in [-0.1, -0.05) is 182 Å². The Morgan fingerprint density at radius 3 is 1.09 bits per heavy atom. The molecule has 0 heterocycles. The molecule has 7 aromatic carbocycles. The standard InChI is InChI=1S/C42H33NP2/c43-40-31-32(37-25-13-15-27-41(37)44(33-17-5-1-6-18-33)34-19-7-2-8-20-34)29-30-38(40)39-26-14-16-28-42(39)45(35-21-9-3-10-22-35)36-23-11-4-12-24-36/h1-31H,43H2. The minimum atomic E-state index is -0.773. The molecule has 0 aromatic heterocycles. The molecule has 2 N–H and O–H groups in total. The SMILES string of the molecule is Nc1cc(-c2ccccc2P(c2ccccc2)c2ccccc2)ccc1-c1ccccc1P(c1ccccc1)c1ccccc1. The Hall–Kier alpha value is -4.80. The zero-order valence-electron chi connectivity index (χ0n) is 24.9. The van der Waals surface area contributed by atoms with Crippen molar-refractivity contribution >= 4 is 53.4 Å². The highest BCUT2D eigenvalue weighted by atomic mass is 31.1. The van der Waals surface area contributed by atoms with E-state index in [1.54, 1.807) is 0 Å². The van der Waals surface area contributed by atoms with Crippen molar-refractivity contribution in [3.8, 4) is 22.3 Å². The first-order valence-electron chi connectivity index (χ1n) is 15.2. The average molecular weight is 614 g/mol. The minimum Gasteiger partial charge on any atom is -0.398 e. The van der Waals surface area contributed by atoms with E-state index < -0.39 is 15.8 Å². The van der Waals surface area contributed by atoms with Crippen molar-refractivity contribution in [2.24, 2.45) is 0 Å². The van der Waals surface area contributed by atoms with E-state index in [9.17, 15) is 0 Å². The molecule has 0 unspecified atom stereocenters. The van der Waals surface area contributed by atoms with Gasteiger partial charge in [-0.25, -0.2) is 0 Å². The van der Waals surface area contributed by atoms with Crippen molar-refractivity contribution in [2.75, 3.05) is 5.73 Å². The van der Waals surface area contributed by atoms with Crippen molar-refractivity contribution in [2.45, 2.75) is 0 Å². The molecule has 0 spiro atoms. The van der Waals surface area contributed by atoms with E-state index in [0.717, 1.165) is 16.8 Å². The number of hydrogen-bond acceptors (Lipinski definition) is 1. The second kappa shape index (κ2) is 13.5. The molecule has 0 atom stereocenters. The molecule has 0 fully saturated rings. The van der Waals surface area contributed by atoms with Crippen LogP contribution in [0.4, 0.5) is 5.69 Å². The lowest BCUT2D eigenvalue weighted by atomic mass is 9.98. The van der Waals surface area contributed by atoms with Gasteiger partial charge in [0.2, 0.25) is 0 Å². The molecule has 0 saturated carbocycles. The number of anilines is 1. The fraction of sp³-hybridized carbons (Fsp3) is 0. The highest BCUT2D eigenvalue weighted by molar-refractivity contribution is 7.80. The molecule has 216 valence electrons. The molecule has 0 aliphatic carbocycles. The summed E-state index contributed by atoms with van der Waals surface area (Å²) in [4.78, 5) is 0. The van der Waals surface area contributed by atoms with Crippen molar-refractivity contribution < 1.29 is 0 Å². The van der Waals surface area contributed by atoms with Gasteiger partial charge < -0.3 is 5.73 Å². The van der Waals surface area contributed by atoms with Gasteiger partial charge in [0.15, 0.2) is 0 Å². The van der Waals surface area contributed by atoms with Gasteiger partial charge in [-0.05, 0) is 70.4 Å². The van der Waals surface area contributed by atoms with Crippen LogP contribution in [0.2, 0.25) is 0 Å². The fourth-order valence-electron chi connectivity index (χ4n) is 5.95. The van der Waals surface area contributed by atoms with Crippen LogP contribution in [-0.4, -0.2) is 0 Å². The van der Waals surface area contributed by atoms with Gasteiger partial charge in [-0.2, -0.15) is 0 Å². The van der Waals surface area contributed by atoms with Gasteiger partial charge in [-0.15, -0.1) is 0 Å². The van der Waals surface area contributed by atoms with Crippen LogP contribution in [0.3, 0.4) is 0 Å².